The molecule has 126 valence electrons. The number of aromatic nitrogens is 1. The van der Waals surface area contributed by atoms with E-state index in [2.05, 4.69) is 31.9 Å². The van der Waals surface area contributed by atoms with E-state index in [9.17, 15) is 4.79 Å². The summed E-state index contributed by atoms with van der Waals surface area (Å²) >= 11 is 2.35. The molecule has 1 atom stereocenters. The van der Waals surface area contributed by atoms with Crippen molar-refractivity contribution in [3.05, 3.63) is 59.4 Å². The molecule has 0 spiro atoms. The first-order chi connectivity index (χ1) is 11.8. The third-order valence-corrected chi connectivity index (χ3v) is 6.87. The number of ketones is 1. The van der Waals surface area contributed by atoms with Gasteiger partial charge in [0.05, 0.1) is 0 Å². The van der Waals surface area contributed by atoms with Crippen molar-refractivity contribution < 1.29 is 4.79 Å². The van der Waals surface area contributed by atoms with Crippen LogP contribution in [0.2, 0.25) is 0 Å². The summed E-state index contributed by atoms with van der Waals surface area (Å²) in [6, 6.07) is 11.8. The van der Waals surface area contributed by atoms with Gasteiger partial charge in [-0.15, -0.1) is 0 Å². The predicted octanol–water partition coefficient (Wildman–Crippen LogP) is 3.99. The van der Waals surface area contributed by atoms with Gasteiger partial charge in [-0.2, -0.15) is 0 Å². The highest BCUT2D eigenvalue weighted by atomic mass is 127. The second-order valence-electron chi connectivity index (χ2n) is 6.19. The van der Waals surface area contributed by atoms with Crippen LogP contribution in [0.1, 0.15) is 40.9 Å². The van der Waals surface area contributed by atoms with Gasteiger partial charge in [0.1, 0.15) is 0 Å². The van der Waals surface area contributed by atoms with Crippen LogP contribution in [0.5, 0.6) is 0 Å². The Balaban J connectivity index is 1.55. The number of likely N-dealkylation sites (tertiary alicyclic amines) is 1. The van der Waals surface area contributed by atoms with Crippen molar-refractivity contribution in [3.8, 4) is 0 Å². The average Bonchev–Trinajstić information content (AvgIpc) is 3.15. The normalized spacial score (nSPS) is 15.4. The highest BCUT2D eigenvalue weighted by Crippen LogP contribution is 2.20. The molecule has 0 amide bonds. The van der Waals surface area contributed by atoms with Crippen LogP contribution in [0, 0.1) is 0 Å². The Labute approximate surface area is 158 Å². The van der Waals surface area contributed by atoms with E-state index in [0.29, 0.717) is 5.56 Å². The smallest absolute Gasteiger partial charge is 0.194 e. The van der Waals surface area contributed by atoms with Crippen LogP contribution >= 0.6 is 28.3 Å². The number of hydrogen-bond acceptors (Lipinski definition) is 3. The van der Waals surface area contributed by atoms with Crippen molar-refractivity contribution in [3.63, 3.8) is 0 Å². The standard InChI is InChI=1S/C19H22IN2OP/c20-24-18-9-6-15(7-10-18)19(23)16-5-8-17(21-14-16)4-3-13-22-11-1-2-12-22/h5-10,14,24H,1-4,11-13H2. The predicted molar refractivity (Wildman–Crippen MR) is 110 cm³/mol. The summed E-state index contributed by atoms with van der Waals surface area (Å²) in [4.78, 5) is 19.5. The maximum Gasteiger partial charge on any atom is 0.194 e. The topological polar surface area (TPSA) is 33.2 Å². The summed E-state index contributed by atoms with van der Waals surface area (Å²) in [5.74, 6) is 0.0504. The third-order valence-electron chi connectivity index (χ3n) is 4.45. The number of carbonyl (C=O) groups is 1. The molecule has 0 radical (unpaired) electrons. The molecule has 0 saturated carbocycles. The molecule has 0 aliphatic carbocycles. The maximum atomic E-state index is 12.5. The van der Waals surface area contributed by atoms with Gasteiger partial charge >= 0.3 is 0 Å². The molecule has 1 aliphatic heterocycles. The molecule has 0 bridgehead atoms. The summed E-state index contributed by atoms with van der Waals surface area (Å²) in [5, 5.41) is 1.26. The number of hydrogen-bond donors (Lipinski definition) is 0. The minimum Gasteiger partial charge on any atom is -0.303 e. The molecule has 3 nitrogen and oxygen atoms in total. The van der Waals surface area contributed by atoms with Crippen molar-refractivity contribution in [1.82, 2.24) is 9.88 Å². The fraction of sp³-hybridized carbons (Fsp3) is 0.368. The number of halogens is 1. The number of rotatable bonds is 7. The molecule has 1 aliphatic rings. The zero-order valence-electron chi connectivity index (χ0n) is 13.7. The lowest BCUT2D eigenvalue weighted by Gasteiger charge is -2.13. The highest BCUT2D eigenvalue weighted by Gasteiger charge is 2.12. The number of aryl methyl sites for hydroxylation is 1. The number of pyridine rings is 1. The highest BCUT2D eigenvalue weighted by molar-refractivity contribution is 14.2. The fourth-order valence-electron chi connectivity index (χ4n) is 3.05. The lowest BCUT2D eigenvalue weighted by atomic mass is 10.0. The van der Waals surface area contributed by atoms with Crippen LogP contribution in [0.15, 0.2) is 42.6 Å². The van der Waals surface area contributed by atoms with Crippen molar-refractivity contribution in [2.24, 2.45) is 0 Å². The molecular formula is C19H22IN2OP. The third kappa shape index (κ3) is 4.84. The van der Waals surface area contributed by atoms with E-state index in [1.165, 1.54) is 31.2 Å². The zero-order chi connectivity index (χ0) is 16.8. The van der Waals surface area contributed by atoms with Gasteiger partial charge in [0.25, 0.3) is 0 Å². The van der Waals surface area contributed by atoms with Crippen LogP contribution < -0.4 is 5.30 Å². The Hall–Kier alpha value is -0.840. The van der Waals surface area contributed by atoms with Gasteiger partial charge in [-0.3, -0.25) is 9.78 Å². The number of carbonyl (C=O) groups excluding carboxylic acids is 1. The zero-order valence-corrected chi connectivity index (χ0v) is 16.8. The Bertz CT molecular complexity index is 667. The van der Waals surface area contributed by atoms with E-state index in [-0.39, 0.29) is 5.78 Å². The molecule has 2 heterocycles. The van der Waals surface area contributed by atoms with E-state index >= 15 is 0 Å². The monoisotopic (exact) mass is 452 g/mol. The molecule has 24 heavy (non-hydrogen) atoms. The Morgan fingerprint density at radius 1 is 1.08 bits per heavy atom. The van der Waals surface area contributed by atoms with E-state index in [1.807, 2.05) is 36.4 Å². The van der Waals surface area contributed by atoms with Gasteiger partial charge in [-0.1, -0.05) is 46.3 Å². The lowest BCUT2D eigenvalue weighted by molar-refractivity contribution is 0.103. The molecule has 1 saturated heterocycles. The van der Waals surface area contributed by atoms with Crippen molar-refractivity contribution >= 4 is 39.4 Å². The Morgan fingerprint density at radius 3 is 2.42 bits per heavy atom. The van der Waals surface area contributed by atoms with Gasteiger partial charge in [-0.25, -0.2) is 0 Å². The molecule has 3 rings (SSSR count). The van der Waals surface area contributed by atoms with Crippen LogP contribution in [-0.4, -0.2) is 35.3 Å². The molecule has 5 heteroatoms. The van der Waals surface area contributed by atoms with Gasteiger partial charge in [-0.05, 0) is 69.0 Å². The first-order valence-electron chi connectivity index (χ1n) is 8.45. The lowest BCUT2D eigenvalue weighted by Crippen LogP contribution is -2.20. The van der Waals surface area contributed by atoms with Crippen LogP contribution in [0.25, 0.3) is 0 Å². The molecule has 1 aromatic carbocycles. The minimum atomic E-state index is 0.0504. The molecular weight excluding hydrogens is 430 g/mol. The first kappa shape index (κ1) is 18.0. The summed E-state index contributed by atoms with van der Waals surface area (Å²) in [5.41, 5.74) is 2.48. The van der Waals surface area contributed by atoms with E-state index in [4.69, 9.17) is 0 Å². The maximum absolute atomic E-state index is 12.5. The first-order valence-corrected chi connectivity index (χ1v) is 12.6. The van der Waals surface area contributed by atoms with Crippen LogP contribution in [-0.2, 0) is 6.42 Å². The minimum absolute atomic E-state index is 0.0504. The molecule has 0 N–H and O–H groups in total. The quantitative estimate of drug-likeness (QED) is 0.362. The van der Waals surface area contributed by atoms with E-state index in [0.717, 1.165) is 36.9 Å². The van der Waals surface area contributed by atoms with Crippen molar-refractivity contribution in [1.29, 1.82) is 0 Å². The Kier molecular flexibility index (Phi) is 6.75. The summed E-state index contributed by atoms with van der Waals surface area (Å²) in [6.45, 7) is 3.65. The molecule has 1 aromatic heterocycles. The SMILES string of the molecule is O=C(c1ccc(PI)cc1)c1ccc(CCCN2CCCC2)nc1. The van der Waals surface area contributed by atoms with E-state index < -0.39 is 0 Å². The second-order valence-corrected chi connectivity index (χ2v) is 8.58. The molecule has 1 fully saturated rings. The summed E-state index contributed by atoms with van der Waals surface area (Å²) in [7, 11) is 0. The number of nitrogens with zero attached hydrogens (tertiary/aromatic N) is 2. The Morgan fingerprint density at radius 2 is 1.79 bits per heavy atom. The van der Waals surface area contributed by atoms with Gasteiger partial charge in [0.15, 0.2) is 5.78 Å². The average molecular weight is 452 g/mol. The van der Waals surface area contributed by atoms with Gasteiger partial charge in [0.2, 0.25) is 0 Å². The summed E-state index contributed by atoms with van der Waals surface area (Å²) < 4.78 is 0. The van der Waals surface area contributed by atoms with Crippen LogP contribution in [0.4, 0.5) is 0 Å². The van der Waals surface area contributed by atoms with Gasteiger partial charge < -0.3 is 4.90 Å². The molecule has 1 unspecified atom stereocenters. The number of benzene rings is 1. The van der Waals surface area contributed by atoms with Gasteiger partial charge in [0, 0.05) is 23.0 Å². The molecule has 2 aromatic rings. The second kappa shape index (κ2) is 9.02. The fourth-order valence-corrected chi connectivity index (χ4v) is 4.42. The van der Waals surface area contributed by atoms with Crippen molar-refractivity contribution in [2.45, 2.75) is 25.7 Å². The van der Waals surface area contributed by atoms with Crippen molar-refractivity contribution in [2.75, 3.05) is 19.6 Å². The van der Waals surface area contributed by atoms with Crippen LogP contribution in [0.3, 0.4) is 0 Å². The summed E-state index contributed by atoms with van der Waals surface area (Å²) in [6.07, 6.45) is 7.26. The van der Waals surface area contributed by atoms with E-state index in [1.54, 1.807) is 6.20 Å². The largest absolute Gasteiger partial charge is 0.303 e.